The second-order valence-corrected chi connectivity index (χ2v) is 5.82. The quantitative estimate of drug-likeness (QED) is 0.890. The van der Waals surface area contributed by atoms with E-state index in [9.17, 15) is 12.8 Å². The zero-order chi connectivity index (χ0) is 11.5. The molecule has 0 saturated heterocycles. The SMILES string of the molecule is CS(=O)(=O)CCNc1c(F)cccc1Cl. The summed E-state index contributed by atoms with van der Waals surface area (Å²) in [6.07, 6.45) is 1.12. The fourth-order valence-electron chi connectivity index (χ4n) is 1.03. The molecule has 0 radical (unpaired) electrons. The van der Waals surface area contributed by atoms with Crippen LogP contribution >= 0.6 is 11.6 Å². The van der Waals surface area contributed by atoms with Gasteiger partial charge < -0.3 is 5.32 Å². The maximum atomic E-state index is 13.2. The Labute approximate surface area is 93.2 Å². The molecule has 0 atom stereocenters. The lowest BCUT2D eigenvalue weighted by atomic mass is 10.3. The van der Waals surface area contributed by atoms with Crippen molar-refractivity contribution in [3.05, 3.63) is 29.0 Å². The third kappa shape index (κ3) is 4.05. The van der Waals surface area contributed by atoms with Crippen LogP contribution in [0.3, 0.4) is 0 Å². The predicted octanol–water partition coefficient (Wildman–Crippen LogP) is 1.94. The smallest absolute Gasteiger partial charge is 0.149 e. The number of para-hydroxylation sites is 1. The van der Waals surface area contributed by atoms with Gasteiger partial charge in [0.2, 0.25) is 0 Å². The van der Waals surface area contributed by atoms with Gasteiger partial charge in [-0.2, -0.15) is 0 Å². The summed E-state index contributed by atoms with van der Waals surface area (Å²) in [4.78, 5) is 0. The van der Waals surface area contributed by atoms with E-state index in [4.69, 9.17) is 11.6 Å². The average Bonchev–Trinajstić information content (AvgIpc) is 2.08. The van der Waals surface area contributed by atoms with Crippen molar-refractivity contribution in [2.45, 2.75) is 0 Å². The van der Waals surface area contributed by atoms with Gasteiger partial charge in [-0.1, -0.05) is 17.7 Å². The minimum Gasteiger partial charge on any atom is -0.380 e. The molecule has 0 spiro atoms. The van der Waals surface area contributed by atoms with Crippen LogP contribution in [0.4, 0.5) is 10.1 Å². The highest BCUT2D eigenvalue weighted by molar-refractivity contribution is 7.90. The molecule has 0 aliphatic carbocycles. The van der Waals surface area contributed by atoms with Crippen LogP contribution in [0.2, 0.25) is 5.02 Å². The van der Waals surface area contributed by atoms with Crippen LogP contribution < -0.4 is 5.32 Å². The largest absolute Gasteiger partial charge is 0.380 e. The van der Waals surface area contributed by atoms with Gasteiger partial charge in [0.1, 0.15) is 15.7 Å². The van der Waals surface area contributed by atoms with Crippen LogP contribution in [0.1, 0.15) is 0 Å². The lowest BCUT2D eigenvalue weighted by Crippen LogP contribution is -2.14. The summed E-state index contributed by atoms with van der Waals surface area (Å²) >= 11 is 5.73. The predicted molar refractivity (Wildman–Crippen MR) is 59.6 cm³/mol. The van der Waals surface area contributed by atoms with Gasteiger partial charge >= 0.3 is 0 Å². The van der Waals surface area contributed by atoms with Gasteiger partial charge in [0, 0.05) is 12.8 Å². The van der Waals surface area contributed by atoms with E-state index in [1.54, 1.807) is 0 Å². The van der Waals surface area contributed by atoms with Crippen LogP contribution in [-0.4, -0.2) is 27.0 Å². The molecular formula is C9H11ClFNO2S. The van der Waals surface area contributed by atoms with Crippen LogP contribution in [-0.2, 0) is 9.84 Å². The lowest BCUT2D eigenvalue weighted by Gasteiger charge is -2.08. The highest BCUT2D eigenvalue weighted by atomic mass is 35.5. The molecule has 0 unspecified atom stereocenters. The fourth-order valence-corrected chi connectivity index (χ4v) is 1.73. The summed E-state index contributed by atoms with van der Waals surface area (Å²) in [5.74, 6) is -0.548. The van der Waals surface area contributed by atoms with E-state index in [1.807, 2.05) is 0 Å². The Kier molecular flexibility index (Phi) is 3.93. The zero-order valence-electron chi connectivity index (χ0n) is 8.13. The molecular weight excluding hydrogens is 241 g/mol. The van der Waals surface area contributed by atoms with Crippen molar-refractivity contribution in [3.63, 3.8) is 0 Å². The Morgan fingerprint density at radius 3 is 2.67 bits per heavy atom. The summed E-state index contributed by atoms with van der Waals surface area (Å²) in [5, 5.41) is 2.89. The average molecular weight is 252 g/mol. The molecule has 0 aliphatic rings. The Balaban J connectivity index is 2.66. The Hall–Kier alpha value is -0.810. The highest BCUT2D eigenvalue weighted by Crippen LogP contribution is 2.24. The number of anilines is 1. The molecule has 0 aromatic heterocycles. The molecule has 0 aliphatic heterocycles. The first-order chi connectivity index (χ1) is 6.90. The van der Waals surface area contributed by atoms with E-state index in [2.05, 4.69) is 5.32 Å². The number of halogens is 2. The maximum absolute atomic E-state index is 13.2. The van der Waals surface area contributed by atoms with Crippen LogP contribution in [0, 0.1) is 5.82 Å². The topological polar surface area (TPSA) is 46.2 Å². The highest BCUT2D eigenvalue weighted by Gasteiger charge is 2.07. The van der Waals surface area contributed by atoms with Gasteiger partial charge in [-0.3, -0.25) is 0 Å². The molecule has 0 amide bonds. The Morgan fingerprint density at radius 1 is 1.47 bits per heavy atom. The molecule has 3 nitrogen and oxygen atoms in total. The molecule has 6 heteroatoms. The standard InChI is InChI=1S/C9H11ClFNO2S/c1-15(13,14)6-5-12-9-7(10)3-2-4-8(9)11/h2-4,12H,5-6H2,1H3. The number of nitrogens with one attached hydrogen (secondary N) is 1. The molecule has 1 aromatic carbocycles. The van der Waals surface area contributed by atoms with Gasteiger partial charge in [-0.15, -0.1) is 0 Å². The number of benzene rings is 1. The van der Waals surface area contributed by atoms with E-state index in [-0.39, 0.29) is 23.0 Å². The minimum atomic E-state index is -3.05. The zero-order valence-corrected chi connectivity index (χ0v) is 9.70. The number of rotatable bonds is 4. The lowest BCUT2D eigenvalue weighted by molar-refractivity contribution is 0.601. The van der Waals surface area contributed by atoms with Crippen molar-refractivity contribution < 1.29 is 12.8 Å². The van der Waals surface area contributed by atoms with Gasteiger partial charge in [0.15, 0.2) is 0 Å². The third-order valence-electron chi connectivity index (χ3n) is 1.74. The summed E-state index contributed by atoms with van der Waals surface area (Å²) in [5.41, 5.74) is 0.141. The summed E-state index contributed by atoms with van der Waals surface area (Å²) < 4.78 is 34.8. The summed E-state index contributed by atoms with van der Waals surface area (Å²) in [6, 6.07) is 4.28. The molecule has 15 heavy (non-hydrogen) atoms. The van der Waals surface area contributed by atoms with E-state index in [0.29, 0.717) is 0 Å². The molecule has 1 aromatic rings. The second-order valence-electron chi connectivity index (χ2n) is 3.15. The van der Waals surface area contributed by atoms with E-state index in [1.165, 1.54) is 18.2 Å². The molecule has 84 valence electrons. The molecule has 0 heterocycles. The second kappa shape index (κ2) is 4.81. The van der Waals surface area contributed by atoms with Crippen molar-refractivity contribution in [2.75, 3.05) is 23.9 Å². The van der Waals surface area contributed by atoms with Crippen molar-refractivity contribution >= 4 is 27.1 Å². The van der Waals surface area contributed by atoms with Crippen molar-refractivity contribution in [2.24, 2.45) is 0 Å². The van der Waals surface area contributed by atoms with Crippen molar-refractivity contribution in [1.82, 2.24) is 0 Å². The summed E-state index contributed by atoms with van der Waals surface area (Å²) in [7, 11) is -3.05. The normalized spacial score (nSPS) is 11.4. The Bertz CT molecular complexity index is 427. The first kappa shape index (κ1) is 12.3. The molecule has 0 saturated carbocycles. The fraction of sp³-hybridized carbons (Fsp3) is 0.333. The van der Waals surface area contributed by atoms with E-state index >= 15 is 0 Å². The van der Waals surface area contributed by atoms with Gasteiger partial charge in [-0.25, -0.2) is 12.8 Å². The Morgan fingerprint density at radius 2 is 2.13 bits per heavy atom. The first-order valence-corrected chi connectivity index (χ1v) is 6.69. The van der Waals surface area contributed by atoms with Crippen LogP contribution in [0.15, 0.2) is 18.2 Å². The van der Waals surface area contributed by atoms with Gasteiger partial charge in [0.25, 0.3) is 0 Å². The van der Waals surface area contributed by atoms with E-state index in [0.717, 1.165) is 6.26 Å². The van der Waals surface area contributed by atoms with Gasteiger partial charge in [-0.05, 0) is 12.1 Å². The number of hydrogen-bond acceptors (Lipinski definition) is 3. The van der Waals surface area contributed by atoms with Crippen molar-refractivity contribution in [1.29, 1.82) is 0 Å². The van der Waals surface area contributed by atoms with Gasteiger partial charge in [0.05, 0.1) is 16.5 Å². The molecule has 0 fully saturated rings. The number of sulfone groups is 1. The molecule has 1 N–H and O–H groups in total. The van der Waals surface area contributed by atoms with E-state index < -0.39 is 15.7 Å². The van der Waals surface area contributed by atoms with Crippen molar-refractivity contribution in [3.8, 4) is 0 Å². The van der Waals surface area contributed by atoms with Crippen LogP contribution in [0.25, 0.3) is 0 Å². The molecule has 0 bridgehead atoms. The van der Waals surface area contributed by atoms with Crippen LogP contribution in [0.5, 0.6) is 0 Å². The third-order valence-corrected chi connectivity index (χ3v) is 3.00. The number of hydrogen-bond donors (Lipinski definition) is 1. The maximum Gasteiger partial charge on any atom is 0.149 e. The molecule has 1 rings (SSSR count). The monoisotopic (exact) mass is 251 g/mol. The summed E-state index contributed by atoms with van der Waals surface area (Å²) in [6.45, 7) is 0.138. The first-order valence-electron chi connectivity index (χ1n) is 4.26. The minimum absolute atomic E-state index is 0.0579.